The molecular weight excluding hydrogens is 679 g/mol. The molecule has 8 nitrogen and oxygen atoms in total. The molecule has 0 atom stereocenters. The van der Waals surface area contributed by atoms with Crippen LogP contribution in [0, 0.1) is 11.8 Å². The molecule has 2 aromatic carbocycles. The maximum absolute atomic E-state index is 13.6. The molecule has 1 fully saturated rings. The first kappa shape index (κ1) is 37.1. The number of thioether (sulfide) groups is 1. The summed E-state index contributed by atoms with van der Waals surface area (Å²) in [6.07, 6.45) is -7.17. The summed E-state index contributed by atoms with van der Waals surface area (Å²) < 4.78 is 122. The maximum Gasteiger partial charge on any atom is 0.446 e. The van der Waals surface area contributed by atoms with Crippen molar-refractivity contribution >= 4 is 29.4 Å². The number of anilines is 2. The van der Waals surface area contributed by atoms with E-state index in [0.29, 0.717) is 49.3 Å². The molecule has 4 rings (SSSR count). The van der Waals surface area contributed by atoms with Gasteiger partial charge >= 0.3 is 23.8 Å². The second kappa shape index (κ2) is 14.8. The average molecular weight is 713 g/mol. The van der Waals surface area contributed by atoms with Crippen molar-refractivity contribution in [1.29, 1.82) is 0 Å². The number of hydrogen-bond donors (Lipinski definition) is 1. The van der Waals surface area contributed by atoms with Gasteiger partial charge in [0.1, 0.15) is 0 Å². The first-order valence-corrected chi connectivity index (χ1v) is 15.7. The molecule has 1 heterocycles. The topological polar surface area (TPSA) is 87.4 Å². The van der Waals surface area contributed by atoms with Crippen molar-refractivity contribution in [3.8, 4) is 0 Å². The third-order valence-corrected chi connectivity index (χ3v) is 8.80. The van der Waals surface area contributed by atoms with Crippen LogP contribution in [0.25, 0.3) is 0 Å². The van der Waals surface area contributed by atoms with Crippen molar-refractivity contribution in [2.24, 2.45) is 18.9 Å². The smallest absolute Gasteiger partial charge is 0.446 e. The minimum Gasteiger partial charge on any atom is -0.481 e. The predicted octanol–water partition coefficient (Wildman–Crippen LogP) is 8.17. The van der Waals surface area contributed by atoms with Crippen molar-refractivity contribution in [2.75, 3.05) is 22.9 Å². The lowest BCUT2D eigenvalue weighted by molar-refractivity contribution is -0.143. The molecule has 18 heteroatoms. The van der Waals surface area contributed by atoms with Crippen molar-refractivity contribution < 1.29 is 49.4 Å². The van der Waals surface area contributed by atoms with E-state index < -0.39 is 41.5 Å². The first-order chi connectivity index (χ1) is 22.3. The van der Waals surface area contributed by atoms with E-state index in [0.717, 1.165) is 17.6 Å². The Hall–Kier alpha value is -3.70. The molecule has 1 aromatic heterocycles. The Morgan fingerprint density at radius 2 is 1.50 bits per heavy atom. The highest BCUT2D eigenvalue weighted by Gasteiger charge is 2.37. The summed E-state index contributed by atoms with van der Waals surface area (Å²) in [6.45, 7) is 1.93. The Morgan fingerprint density at radius 1 is 0.896 bits per heavy atom. The molecule has 0 amide bonds. The van der Waals surface area contributed by atoms with Gasteiger partial charge in [0.25, 0.3) is 5.95 Å². The standard InChI is InChI=1S/C30H33F9N6O2S/c1-3-44(15-19-6-4-18(5-7-19)12-26(46)47)25-9-8-24(48-30(37,38)39)13-21(25)17-45(27-40-42-43(2)41-27)16-20-10-22(28(31,32)33)14-23(11-20)29(34,35)36/h8-11,13-14,18-19H,3-7,12,15-17H2,1-2H3,(H,46,47)/t18-,19-. The highest BCUT2D eigenvalue weighted by atomic mass is 32.2. The van der Waals surface area contributed by atoms with Crippen LogP contribution in [0.4, 0.5) is 51.1 Å². The lowest BCUT2D eigenvalue weighted by Gasteiger charge is -2.34. The quantitative estimate of drug-likeness (QED) is 0.149. The number of halogens is 9. The predicted molar refractivity (Wildman–Crippen MR) is 159 cm³/mol. The van der Waals surface area contributed by atoms with Crippen LogP contribution in [0.1, 0.15) is 61.3 Å². The lowest BCUT2D eigenvalue weighted by atomic mass is 9.80. The Kier molecular flexibility index (Phi) is 11.5. The van der Waals surface area contributed by atoms with Crippen LogP contribution in [0.5, 0.6) is 0 Å². The van der Waals surface area contributed by atoms with Crippen molar-refractivity contribution in [3.63, 3.8) is 0 Å². The number of carbonyl (C=O) groups is 1. The fourth-order valence-electron chi connectivity index (χ4n) is 5.90. The molecule has 0 unspecified atom stereocenters. The zero-order chi connectivity index (χ0) is 35.4. The Bertz CT molecular complexity index is 1520. The number of aromatic nitrogens is 4. The Morgan fingerprint density at radius 3 is 2.00 bits per heavy atom. The van der Waals surface area contributed by atoms with E-state index in [4.69, 9.17) is 5.11 Å². The molecule has 48 heavy (non-hydrogen) atoms. The van der Waals surface area contributed by atoms with Gasteiger partial charge in [-0.15, -0.1) is 5.10 Å². The van der Waals surface area contributed by atoms with Crippen molar-refractivity contribution in [2.45, 2.75) is 74.9 Å². The lowest BCUT2D eigenvalue weighted by Crippen LogP contribution is -2.33. The number of carboxylic acid groups (broad SMARTS) is 1. The van der Waals surface area contributed by atoms with E-state index in [9.17, 15) is 44.3 Å². The van der Waals surface area contributed by atoms with Crippen LogP contribution < -0.4 is 9.80 Å². The number of rotatable bonds is 12. The third kappa shape index (κ3) is 10.4. The zero-order valence-corrected chi connectivity index (χ0v) is 26.6. The molecule has 0 radical (unpaired) electrons. The third-order valence-electron chi connectivity index (χ3n) is 8.08. The summed E-state index contributed by atoms with van der Waals surface area (Å²) in [4.78, 5) is 15.2. The van der Waals surface area contributed by atoms with E-state index in [1.807, 2.05) is 11.8 Å². The van der Waals surface area contributed by atoms with Crippen LogP contribution in [-0.4, -0.2) is 49.9 Å². The summed E-state index contributed by atoms with van der Waals surface area (Å²) in [7, 11) is 1.40. The van der Waals surface area contributed by atoms with Gasteiger partial charge in [-0.05, 0) is 109 Å². The van der Waals surface area contributed by atoms with Gasteiger partial charge in [-0.3, -0.25) is 4.79 Å². The van der Waals surface area contributed by atoms with E-state index in [-0.39, 0.29) is 59.0 Å². The van der Waals surface area contributed by atoms with Gasteiger partial charge in [0.2, 0.25) is 0 Å². The van der Waals surface area contributed by atoms with Gasteiger partial charge in [0.05, 0.1) is 18.2 Å². The molecule has 1 aliphatic rings. The molecule has 0 aliphatic heterocycles. The molecule has 0 spiro atoms. The molecular formula is C30H33F9N6O2S. The summed E-state index contributed by atoms with van der Waals surface area (Å²) >= 11 is -0.359. The summed E-state index contributed by atoms with van der Waals surface area (Å²) in [6, 6.07) is 5.27. The molecule has 1 aliphatic carbocycles. The highest BCUT2D eigenvalue weighted by molar-refractivity contribution is 8.00. The van der Waals surface area contributed by atoms with Crippen LogP contribution >= 0.6 is 11.8 Å². The molecule has 0 saturated heterocycles. The molecule has 1 saturated carbocycles. The highest BCUT2D eigenvalue weighted by Crippen LogP contribution is 2.41. The zero-order valence-electron chi connectivity index (χ0n) is 25.8. The minimum absolute atomic E-state index is 0.0125. The van der Waals surface area contributed by atoms with Gasteiger partial charge in [0, 0.05) is 43.2 Å². The fraction of sp³-hybridized carbons (Fsp3) is 0.533. The number of aliphatic carboxylic acids is 1. The second-order valence-corrected chi connectivity index (χ2v) is 12.8. The van der Waals surface area contributed by atoms with E-state index in [1.165, 1.54) is 30.1 Å². The number of tetrazole rings is 1. The molecule has 264 valence electrons. The monoisotopic (exact) mass is 712 g/mol. The Balaban J connectivity index is 1.72. The first-order valence-electron chi connectivity index (χ1n) is 14.9. The van der Waals surface area contributed by atoms with Crippen LogP contribution in [-0.2, 0) is 37.3 Å². The van der Waals surface area contributed by atoms with Gasteiger partial charge in [-0.25, -0.2) is 0 Å². The average Bonchev–Trinajstić information content (AvgIpc) is 3.41. The van der Waals surface area contributed by atoms with Crippen LogP contribution in [0.2, 0.25) is 0 Å². The second-order valence-electron chi connectivity index (χ2n) is 11.7. The van der Waals surface area contributed by atoms with Gasteiger partial charge in [-0.2, -0.15) is 44.3 Å². The number of hydrogen-bond acceptors (Lipinski definition) is 7. The van der Waals surface area contributed by atoms with E-state index in [2.05, 4.69) is 15.4 Å². The van der Waals surface area contributed by atoms with Gasteiger partial charge in [-0.1, -0.05) is 5.10 Å². The van der Waals surface area contributed by atoms with Gasteiger partial charge < -0.3 is 14.9 Å². The van der Waals surface area contributed by atoms with Gasteiger partial charge in [0.15, 0.2) is 0 Å². The summed E-state index contributed by atoms with van der Waals surface area (Å²) in [5.74, 6) is -0.805. The maximum atomic E-state index is 13.6. The van der Waals surface area contributed by atoms with Crippen LogP contribution in [0.15, 0.2) is 41.3 Å². The number of benzene rings is 2. The van der Waals surface area contributed by atoms with Crippen molar-refractivity contribution in [1.82, 2.24) is 20.2 Å². The summed E-state index contributed by atoms with van der Waals surface area (Å²) in [5, 5.41) is 20.8. The molecule has 1 N–H and O–H groups in total. The minimum atomic E-state index is -5.09. The van der Waals surface area contributed by atoms with Crippen molar-refractivity contribution in [3.05, 3.63) is 58.7 Å². The summed E-state index contributed by atoms with van der Waals surface area (Å²) in [5.41, 5.74) is -7.21. The van der Waals surface area contributed by atoms with E-state index >= 15 is 0 Å². The number of nitrogens with zero attached hydrogens (tertiary/aromatic N) is 6. The SMILES string of the molecule is CCN(C[C@H]1CC[C@H](CC(=O)O)CC1)c1ccc(SC(F)(F)F)cc1CN(Cc1cc(C(F)(F)F)cc(C(F)(F)F)c1)c1nnn(C)n1. The number of aryl methyl sites for hydroxylation is 1. The van der Waals surface area contributed by atoms with Crippen LogP contribution in [0.3, 0.4) is 0 Å². The number of carboxylic acids is 1. The normalized spacial score (nSPS) is 17.4. The molecule has 0 bridgehead atoms. The fourth-order valence-corrected chi connectivity index (χ4v) is 6.51. The largest absolute Gasteiger partial charge is 0.481 e. The number of alkyl halides is 9. The van der Waals surface area contributed by atoms with E-state index in [1.54, 1.807) is 0 Å². The Labute approximate surface area is 274 Å². The molecule has 3 aromatic rings.